The first-order valence-corrected chi connectivity index (χ1v) is 10.3. The Morgan fingerprint density at radius 3 is 2.67 bits per heavy atom. The zero-order valence-corrected chi connectivity index (χ0v) is 16.7. The van der Waals surface area contributed by atoms with Crippen molar-refractivity contribution in [3.05, 3.63) is 30.1 Å². The second kappa shape index (κ2) is 6.93. The van der Waals surface area contributed by atoms with Crippen LogP contribution in [0.3, 0.4) is 0 Å². The average Bonchev–Trinajstić information content (AvgIpc) is 2.98. The maximum atomic E-state index is 12.3. The van der Waals surface area contributed by atoms with Crippen molar-refractivity contribution in [2.75, 3.05) is 19.7 Å². The molecule has 3 heterocycles. The van der Waals surface area contributed by atoms with E-state index in [0.29, 0.717) is 23.7 Å². The SMILES string of the molecule is CC[C@H](CO)C(=O)N1CC2(CC(Cn3ccc4ccc(C(C)C)nc43)C2)C1. The third kappa shape index (κ3) is 3.27. The van der Waals surface area contributed by atoms with Crippen molar-refractivity contribution in [1.29, 1.82) is 0 Å². The second-order valence-electron chi connectivity index (χ2n) is 9.03. The van der Waals surface area contributed by atoms with Crippen molar-refractivity contribution < 1.29 is 9.90 Å². The molecule has 1 atom stereocenters. The molecule has 1 saturated heterocycles. The molecule has 1 amide bonds. The highest BCUT2D eigenvalue weighted by Crippen LogP contribution is 2.52. The lowest BCUT2D eigenvalue weighted by Gasteiger charge is -2.59. The van der Waals surface area contributed by atoms with E-state index in [1.54, 1.807) is 0 Å². The molecule has 0 bridgehead atoms. The summed E-state index contributed by atoms with van der Waals surface area (Å²) in [7, 11) is 0. The van der Waals surface area contributed by atoms with Crippen molar-refractivity contribution in [2.45, 2.75) is 52.5 Å². The van der Waals surface area contributed by atoms with Crippen LogP contribution in [0, 0.1) is 17.3 Å². The highest BCUT2D eigenvalue weighted by atomic mass is 16.3. The lowest BCUT2D eigenvalue weighted by molar-refractivity contribution is -0.161. The number of fused-ring (bicyclic) bond motifs is 1. The van der Waals surface area contributed by atoms with Crippen molar-refractivity contribution >= 4 is 16.9 Å². The number of pyridine rings is 1. The van der Waals surface area contributed by atoms with Gasteiger partial charge in [0.1, 0.15) is 5.65 Å². The van der Waals surface area contributed by atoms with Crippen LogP contribution in [0.5, 0.6) is 0 Å². The fourth-order valence-electron chi connectivity index (χ4n) is 4.93. The number of rotatable bonds is 6. The number of likely N-dealkylation sites (tertiary alicyclic amines) is 1. The molecule has 1 aliphatic carbocycles. The van der Waals surface area contributed by atoms with Gasteiger partial charge in [0.25, 0.3) is 0 Å². The third-order valence-electron chi connectivity index (χ3n) is 6.55. The summed E-state index contributed by atoms with van der Waals surface area (Å²) in [5, 5.41) is 10.5. The van der Waals surface area contributed by atoms with E-state index in [-0.39, 0.29) is 18.4 Å². The van der Waals surface area contributed by atoms with Crippen LogP contribution in [0.25, 0.3) is 11.0 Å². The van der Waals surface area contributed by atoms with Gasteiger partial charge in [-0.05, 0) is 49.3 Å². The van der Waals surface area contributed by atoms with Crippen LogP contribution in [0.4, 0.5) is 0 Å². The Morgan fingerprint density at radius 1 is 1.30 bits per heavy atom. The van der Waals surface area contributed by atoms with Gasteiger partial charge in [0, 0.05) is 42.3 Å². The maximum Gasteiger partial charge on any atom is 0.228 e. The van der Waals surface area contributed by atoms with Crippen molar-refractivity contribution in [3.8, 4) is 0 Å². The van der Waals surface area contributed by atoms with Crippen molar-refractivity contribution in [3.63, 3.8) is 0 Å². The molecule has 146 valence electrons. The molecule has 4 rings (SSSR count). The molecule has 2 aliphatic rings. The van der Waals surface area contributed by atoms with E-state index >= 15 is 0 Å². The summed E-state index contributed by atoms with van der Waals surface area (Å²) < 4.78 is 2.30. The minimum absolute atomic E-state index is 0.0342. The van der Waals surface area contributed by atoms with Gasteiger partial charge in [0.15, 0.2) is 0 Å². The van der Waals surface area contributed by atoms with Gasteiger partial charge in [0.2, 0.25) is 5.91 Å². The minimum atomic E-state index is -0.217. The standard InChI is InChI=1S/C22H31N3O2/c1-4-17(12-26)21(27)25-13-22(14-25)9-16(10-22)11-24-8-7-18-5-6-19(15(2)3)23-20(18)24/h5-8,15-17,26H,4,9-14H2,1-3H3/t17-/m1/s1. The molecule has 27 heavy (non-hydrogen) atoms. The van der Waals surface area contributed by atoms with Crippen LogP contribution in [0.15, 0.2) is 24.4 Å². The number of carbonyl (C=O) groups excluding carboxylic acids is 1. The van der Waals surface area contributed by atoms with E-state index in [2.05, 4.69) is 42.8 Å². The van der Waals surface area contributed by atoms with E-state index in [1.807, 2.05) is 11.8 Å². The van der Waals surface area contributed by atoms with Gasteiger partial charge in [0.05, 0.1) is 12.5 Å². The van der Waals surface area contributed by atoms with Gasteiger partial charge < -0.3 is 14.6 Å². The van der Waals surface area contributed by atoms with Crippen LogP contribution in [0.2, 0.25) is 0 Å². The quantitative estimate of drug-likeness (QED) is 0.849. The summed E-state index contributed by atoms with van der Waals surface area (Å²) in [4.78, 5) is 19.2. The van der Waals surface area contributed by atoms with E-state index in [0.717, 1.165) is 31.0 Å². The number of aliphatic hydroxyl groups is 1. The summed E-state index contributed by atoms with van der Waals surface area (Å²) >= 11 is 0. The van der Waals surface area contributed by atoms with Gasteiger partial charge >= 0.3 is 0 Å². The maximum absolute atomic E-state index is 12.3. The second-order valence-corrected chi connectivity index (χ2v) is 9.03. The first kappa shape index (κ1) is 18.5. The van der Waals surface area contributed by atoms with E-state index in [9.17, 15) is 9.90 Å². The van der Waals surface area contributed by atoms with Crippen LogP contribution in [-0.4, -0.2) is 45.2 Å². The lowest BCUT2D eigenvalue weighted by Crippen LogP contribution is -2.65. The number of hydrogen-bond donors (Lipinski definition) is 1. The Bertz CT molecular complexity index is 823. The molecule has 5 heteroatoms. The lowest BCUT2D eigenvalue weighted by atomic mass is 9.57. The first-order chi connectivity index (χ1) is 12.9. The normalized spacial score (nSPS) is 20.1. The molecular weight excluding hydrogens is 338 g/mol. The van der Waals surface area contributed by atoms with Crippen LogP contribution in [0.1, 0.15) is 51.6 Å². The van der Waals surface area contributed by atoms with Gasteiger partial charge in [-0.25, -0.2) is 4.98 Å². The molecule has 0 radical (unpaired) electrons. The van der Waals surface area contributed by atoms with Crippen LogP contribution >= 0.6 is 0 Å². The molecule has 1 aliphatic heterocycles. The molecular formula is C22H31N3O2. The zero-order chi connectivity index (χ0) is 19.2. The van der Waals surface area contributed by atoms with Crippen molar-refractivity contribution in [2.24, 2.45) is 17.3 Å². The predicted molar refractivity (Wildman–Crippen MR) is 106 cm³/mol. The molecule has 5 nitrogen and oxygen atoms in total. The molecule has 1 saturated carbocycles. The van der Waals surface area contributed by atoms with Gasteiger partial charge in [-0.1, -0.05) is 20.8 Å². The fraction of sp³-hybridized carbons (Fsp3) is 0.636. The molecule has 1 spiro atoms. The van der Waals surface area contributed by atoms with Gasteiger partial charge in [-0.2, -0.15) is 0 Å². The van der Waals surface area contributed by atoms with Gasteiger partial charge in [-0.3, -0.25) is 4.79 Å². The molecule has 2 fully saturated rings. The van der Waals surface area contributed by atoms with Crippen molar-refractivity contribution in [1.82, 2.24) is 14.5 Å². The fourth-order valence-corrected chi connectivity index (χ4v) is 4.93. The average molecular weight is 370 g/mol. The largest absolute Gasteiger partial charge is 0.396 e. The predicted octanol–water partition coefficient (Wildman–Crippen LogP) is 3.42. The molecule has 2 aromatic heterocycles. The minimum Gasteiger partial charge on any atom is -0.396 e. The Morgan fingerprint density at radius 2 is 2.04 bits per heavy atom. The summed E-state index contributed by atoms with van der Waals surface area (Å²) in [6.45, 7) is 9.06. The molecule has 1 N–H and O–H groups in total. The zero-order valence-electron chi connectivity index (χ0n) is 16.7. The summed E-state index contributed by atoms with van der Waals surface area (Å²) in [5.74, 6) is 1.03. The van der Waals surface area contributed by atoms with E-state index in [1.165, 1.54) is 18.2 Å². The van der Waals surface area contributed by atoms with Crippen LogP contribution < -0.4 is 0 Å². The van der Waals surface area contributed by atoms with E-state index < -0.39 is 0 Å². The Hall–Kier alpha value is -1.88. The highest BCUT2D eigenvalue weighted by molar-refractivity contribution is 5.80. The number of aliphatic hydroxyl groups excluding tert-OH is 1. The highest BCUT2D eigenvalue weighted by Gasteiger charge is 2.53. The number of amides is 1. The Kier molecular flexibility index (Phi) is 4.75. The number of nitrogens with zero attached hydrogens (tertiary/aromatic N) is 3. The molecule has 0 unspecified atom stereocenters. The smallest absolute Gasteiger partial charge is 0.228 e. The molecule has 2 aromatic rings. The monoisotopic (exact) mass is 369 g/mol. The van der Waals surface area contributed by atoms with E-state index in [4.69, 9.17) is 4.98 Å². The third-order valence-corrected chi connectivity index (χ3v) is 6.55. The Balaban J connectivity index is 1.35. The number of hydrogen-bond acceptors (Lipinski definition) is 3. The van der Waals surface area contributed by atoms with Crippen LogP contribution in [-0.2, 0) is 11.3 Å². The first-order valence-electron chi connectivity index (χ1n) is 10.3. The summed E-state index contributed by atoms with van der Waals surface area (Å²) in [5.41, 5.74) is 2.59. The Labute approximate surface area is 161 Å². The molecule has 0 aromatic carbocycles. The number of aromatic nitrogens is 2. The summed E-state index contributed by atoms with van der Waals surface area (Å²) in [6, 6.07) is 6.47. The number of carbonyl (C=O) groups is 1. The topological polar surface area (TPSA) is 58.4 Å². The van der Waals surface area contributed by atoms with Gasteiger partial charge in [-0.15, -0.1) is 0 Å². The summed E-state index contributed by atoms with van der Waals surface area (Å²) in [6.07, 6.45) is 5.26.